The summed E-state index contributed by atoms with van der Waals surface area (Å²) < 4.78 is 5.41. The van der Waals surface area contributed by atoms with Gasteiger partial charge in [-0.15, -0.1) is 0 Å². The van der Waals surface area contributed by atoms with E-state index in [9.17, 15) is 4.79 Å². The highest BCUT2D eigenvalue weighted by Gasteiger charge is 2.13. The molecule has 0 saturated carbocycles. The predicted molar refractivity (Wildman–Crippen MR) is 55.1 cm³/mol. The van der Waals surface area contributed by atoms with Crippen molar-refractivity contribution >= 4 is 5.91 Å². The number of nitrogens with two attached hydrogens (primary N) is 1. The fourth-order valence-corrected chi connectivity index (χ4v) is 1.12. The number of hydrogen-bond donors (Lipinski definition) is 1. The lowest BCUT2D eigenvalue weighted by molar-refractivity contribution is -0.124. The van der Waals surface area contributed by atoms with Gasteiger partial charge < -0.3 is 10.5 Å². The average molecular weight is 193 g/mol. The van der Waals surface area contributed by atoms with Crippen LogP contribution in [-0.4, -0.2) is 12.0 Å². The number of amides is 1. The molecule has 0 aliphatic rings. The first-order valence-corrected chi connectivity index (χ1v) is 4.66. The van der Waals surface area contributed by atoms with Crippen LogP contribution in [0.15, 0.2) is 24.3 Å². The van der Waals surface area contributed by atoms with Crippen molar-refractivity contribution in [3.63, 3.8) is 0 Å². The van der Waals surface area contributed by atoms with Gasteiger partial charge in [0.1, 0.15) is 5.75 Å². The quantitative estimate of drug-likeness (QED) is 0.790. The van der Waals surface area contributed by atoms with Crippen molar-refractivity contribution in [3.05, 3.63) is 29.8 Å². The summed E-state index contributed by atoms with van der Waals surface area (Å²) in [7, 11) is 0. The second kappa shape index (κ2) is 4.65. The third kappa shape index (κ3) is 2.76. The molecule has 1 atom stereocenters. The van der Waals surface area contributed by atoms with Crippen LogP contribution in [0.3, 0.4) is 0 Å². The molecule has 0 heterocycles. The van der Waals surface area contributed by atoms with Gasteiger partial charge in [0.05, 0.1) is 0 Å². The molecule has 2 N–H and O–H groups in total. The van der Waals surface area contributed by atoms with E-state index in [-0.39, 0.29) is 0 Å². The van der Waals surface area contributed by atoms with E-state index in [0.29, 0.717) is 12.2 Å². The SMILES string of the molecule is CCC(Oc1ccc(C)cc1)C(N)=O. The standard InChI is InChI=1S/C11H15NO2/c1-3-10(11(12)13)14-9-6-4-8(2)5-7-9/h4-7,10H,3H2,1-2H3,(H2,12,13). The molecule has 3 nitrogen and oxygen atoms in total. The molecule has 1 aromatic carbocycles. The fraction of sp³-hybridized carbons (Fsp3) is 0.364. The van der Waals surface area contributed by atoms with Crippen LogP contribution in [0.5, 0.6) is 5.75 Å². The van der Waals surface area contributed by atoms with Crippen LogP contribution in [0.4, 0.5) is 0 Å². The number of rotatable bonds is 4. The molecule has 0 aliphatic carbocycles. The molecule has 1 aromatic rings. The minimum absolute atomic E-state index is 0.423. The molecule has 0 radical (unpaired) electrons. The van der Waals surface area contributed by atoms with Gasteiger partial charge in [-0.05, 0) is 25.5 Å². The number of ether oxygens (including phenoxy) is 1. The van der Waals surface area contributed by atoms with Crippen molar-refractivity contribution in [2.75, 3.05) is 0 Å². The maximum Gasteiger partial charge on any atom is 0.258 e. The topological polar surface area (TPSA) is 52.3 Å². The van der Waals surface area contributed by atoms with Gasteiger partial charge in [-0.2, -0.15) is 0 Å². The first kappa shape index (κ1) is 10.6. The summed E-state index contributed by atoms with van der Waals surface area (Å²) in [6, 6.07) is 7.54. The van der Waals surface area contributed by atoms with Gasteiger partial charge in [0.15, 0.2) is 6.10 Å². The zero-order valence-electron chi connectivity index (χ0n) is 8.49. The van der Waals surface area contributed by atoms with Crippen LogP contribution in [0.1, 0.15) is 18.9 Å². The van der Waals surface area contributed by atoms with E-state index in [0.717, 1.165) is 5.56 Å². The van der Waals surface area contributed by atoms with Crippen molar-refractivity contribution in [2.45, 2.75) is 26.4 Å². The van der Waals surface area contributed by atoms with Crippen molar-refractivity contribution in [3.8, 4) is 5.75 Å². The van der Waals surface area contributed by atoms with Crippen LogP contribution < -0.4 is 10.5 Å². The molecule has 1 unspecified atom stereocenters. The molecule has 76 valence electrons. The van der Waals surface area contributed by atoms with E-state index in [1.807, 2.05) is 38.1 Å². The second-order valence-corrected chi connectivity index (χ2v) is 3.23. The molecule has 3 heteroatoms. The molecular formula is C11H15NO2. The Hall–Kier alpha value is -1.51. The molecule has 0 spiro atoms. The van der Waals surface area contributed by atoms with Crippen LogP contribution in [0.2, 0.25) is 0 Å². The van der Waals surface area contributed by atoms with Crippen LogP contribution in [0, 0.1) is 6.92 Å². The fourth-order valence-electron chi connectivity index (χ4n) is 1.12. The number of benzene rings is 1. The van der Waals surface area contributed by atoms with Gasteiger partial charge in [0, 0.05) is 0 Å². The third-order valence-electron chi connectivity index (χ3n) is 1.99. The van der Waals surface area contributed by atoms with Crippen molar-refractivity contribution in [1.29, 1.82) is 0 Å². The van der Waals surface area contributed by atoms with Crippen LogP contribution in [-0.2, 0) is 4.79 Å². The maximum absolute atomic E-state index is 10.9. The molecule has 1 rings (SSSR count). The normalized spacial score (nSPS) is 12.1. The molecule has 0 bridgehead atoms. The lowest BCUT2D eigenvalue weighted by Gasteiger charge is -2.13. The second-order valence-electron chi connectivity index (χ2n) is 3.23. The summed E-state index contributed by atoms with van der Waals surface area (Å²) in [5.74, 6) is 0.259. The smallest absolute Gasteiger partial charge is 0.258 e. The Kier molecular flexibility index (Phi) is 3.51. The van der Waals surface area contributed by atoms with E-state index >= 15 is 0 Å². The highest BCUT2D eigenvalue weighted by atomic mass is 16.5. The van der Waals surface area contributed by atoms with Gasteiger partial charge in [-0.25, -0.2) is 0 Å². The number of carbonyl (C=O) groups excluding carboxylic acids is 1. The largest absolute Gasteiger partial charge is 0.481 e. The van der Waals surface area contributed by atoms with E-state index in [1.165, 1.54) is 0 Å². The zero-order valence-corrected chi connectivity index (χ0v) is 8.49. The number of aryl methyl sites for hydroxylation is 1. The Labute approximate surface area is 83.9 Å². The molecule has 0 aliphatic heterocycles. The number of carbonyl (C=O) groups is 1. The lowest BCUT2D eigenvalue weighted by Crippen LogP contribution is -2.32. The Morgan fingerprint density at radius 1 is 1.43 bits per heavy atom. The highest BCUT2D eigenvalue weighted by Crippen LogP contribution is 2.14. The maximum atomic E-state index is 10.9. The minimum Gasteiger partial charge on any atom is -0.481 e. The highest BCUT2D eigenvalue weighted by molar-refractivity contribution is 5.79. The van der Waals surface area contributed by atoms with E-state index in [4.69, 9.17) is 10.5 Å². The van der Waals surface area contributed by atoms with Crippen molar-refractivity contribution < 1.29 is 9.53 Å². The van der Waals surface area contributed by atoms with E-state index in [1.54, 1.807) is 0 Å². The Morgan fingerprint density at radius 2 is 2.00 bits per heavy atom. The summed E-state index contributed by atoms with van der Waals surface area (Å²) >= 11 is 0. The number of hydrogen-bond acceptors (Lipinski definition) is 2. The first-order valence-electron chi connectivity index (χ1n) is 4.66. The van der Waals surface area contributed by atoms with Crippen molar-refractivity contribution in [2.24, 2.45) is 5.73 Å². The molecule has 1 amide bonds. The van der Waals surface area contributed by atoms with Gasteiger partial charge in [0.2, 0.25) is 0 Å². The Morgan fingerprint density at radius 3 is 2.43 bits per heavy atom. The Balaban J connectivity index is 2.67. The average Bonchev–Trinajstić information content (AvgIpc) is 2.16. The Bertz CT molecular complexity index is 306. The zero-order chi connectivity index (χ0) is 10.6. The van der Waals surface area contributed by atoms with Gasteiger partial charge >= 0.3 is 0 Å². The summed E-state index contributed by atoms with van der Waals surface area (Å²) in [5, 5.41) is 0. The number of primary amides is 1. The summed E-state index contributed by atoms with van der Waals surface area (Å²) in [5.41, 5.74) is 6.32. The first-order chi connectivity index (χ1) is 6.63. The molecule has 0 aromatic heterocycles. The summed E-state index contributed by atoms with van der Waals surface area (Å²) in [6.45, 7) is 3.86. The van der Waals surface area contributed by atoms with Crippen LogP contribution in [0.25, 0.3) is 0 Å². The van der Waals surface area contributed by atoms with Crippen molar-refractivity contribution in [1.82, 2.24) is 0 Å². The van der Waals surface area contributed by atoms with Crippen LogP contribution >= 0.6 is 0 Å². The summed E-state index contributed by atoms with van der Waals surface area (Å²) in [6.07, 6.45) is 0.0566. The molecule has 0 fully saturated rings. The van der Waals surface area contributed by atoms with E-state index < -0.39 is 12.0 Å². The minimum atomic E-state index is -0.530. The molecule has 0 saturated heterocycles. The summed E-state index contributed by atoms with van der Waals surface area (Å²) in [4.78, 5) is 10.9. The molecular weight excluding hydrogens is 178 g/mol. The van der Waals surface area contributed by atoms with E-state index in [2.05, 4.69) is 0 Å². The van der Waals surface area contributed by atoms with Gasteiger partial charge in [-0.1, -0.05) is 24.6 Å². The molecule has 14 heavy (non-hydrogen) atoms. The third-order valence-corrected chi connectivity index (χ3v) is 1.99. The lowest BCUT2D eigenvalue weighted by atomic mass is 10.2. The monoisotopic (exact) mass is 193 g/mol. The predicted octanol–water partition coefficient (Wildman–Crippen LogP) is 1.64. The van der Waals surface area contributed by atoms with Gasteiger partial charge in [0.25, 0.3) is 5.91 Å². The van der Waals surface area contributed by atoms with Gasteiger partial charge in [-0.3, -0.25) is 4.79 Å².